The molecule has 1 heterocycles. The summed E-state index contributed by atoms with van der Waals surface area (Å²) in [6.07, 6.45) is 4.72. The summed E-state index contributed by atoms with van der Waals surface area (Å²) in [5.41, 5.74) is 4.36. The van der Waals surface area contributed by atoms with Gasteiger partial charge in [-0.1, -0.05) is 73.2 Å². The summed E-state index contributed by atoms with van der Waals surface area (Å²) in [5, 5.41) is 21.0. The second-order valence-electron chi connectivity index (χ2n) is 10.4. The first kappa shape index (κ1) is 33.1. The van der Waals surface area contributed by atoms with E-state index in [0.29, 0.717) is 21.3 Å². The highest BCUT2D eigenvalue weighted by molar-refractivity contribution is 8.18. The van der Waals surface area contributed by atoms with E-state index in [4.69, 9.17) is 5.11 Å². The van der Waals surface area contributed by atoms with Gasteiger partial charge < -0.3 is 15.5 Å². The molecule has 3 N–H and O–H groups in total. The predicted octanol–water partition coefficient (Wildman–Crippen LogP) is 8.90. The van der Waals surface area contributed by atoms with Crippen LogP contribution in [0.4, 0.5) is 5.69 Å². The van der Waals surface area contributed by atoms with Crippen molar-refractivity contribution in [2.45, 2.75) is 40.7 Å². The number of hydrogen-bond donors (Lipinski definition) is 3. The van der Waals surface area contributed by atoms with Crippen molar-refractivity contribution in [1.29, 1.82) is 0 Å². The molecule has 0 bridgehead atoms. The summed E-state index contributed by atoms with van der Waals surface area (Å²) >= 11 is 4.32. The zero-order valence-electron chi connectivity index (χ0n) is 24.8. The average Bonchev–Trinajstić information content (AvgIpc) is 3.40. The van der Waals surface area contributed by atoms with Gasteiger partial charge in [0.15, 0.2) is 5.17 Å². The van der Waals surface area contributed by atoms with Gasteiger partial charge in [0.2, 0.25) is 0 Å². The van der Waals surface area contributed by atoms with E-state index >= 15 is 0 Å². The number of unbranched alkanes of at least 4 members (excludes halogenated alkanes) is 2. The van der Waals surface area contributed by atoms with Gasteiger partial charge in [0.25, 0.3) is 5.91 Å². The molecule has 10 heteroatoms. The number of nitrogens with one attached hydrogen (secondary N) is 1. The van der Waals surface area contributed by atoms with Gasteiger partial charge in [-0.05, 0) is 95.1 Å². The molecule has 1 atom stereocenters. The first-order valence-electron chi connectivity index (χ1n) is 14.7. The van der Waals surface area contributed by atoms with Crippen LogP contribution in [0.15, 0.2) is 123 Å². The molecule has 0 radical (unpaired) electrons. The molecular formula is C36H32N2O5S3. The van der Waals surface area contributed by atoms with E-state index in [-0.39, 0.29) is 12.3 Å². The highest BCUT2D eigenvalue weighted by atomic mass is 32.2. The summed E-state index contributed by atoms with van der Waals surface area (Å²) in [5.74, 6) is -0.901. The number of carboxylic acid groups (broad SMARTS) is 2. The van der Waals surface area contributed by atoms with Crippen molar-refractivity contribution < 1.29 is 24.6 Å². The van der Waals surface area contributed by atoms with Crippen LogP contribution in [0.5, 0.6) is 0 Å². The third kappa shape index (κ3) is 9.62. The minimum absolute atomic E-state index is 0.218. The van der Waals surface area contributed by atoms with E-state index in [1.54, 1.807) is 36.0 Å². The zero-order chi connectivity index (χ0) is 32.3. The highest BCUT2D eigenvalue weighted by Gasteiger charge is 2.24. The summed E-state index contributed by atoms with van der Waals surface area (Å²) in [6, 6.07) is 32.9. The van der Waals surface area contributed by atoms with Crippen LogP contribution in [0, 0.1) is 0 Å². The normalized spacial score (nSPS) is 15.2. The molecule has 5 rings (SSSR count). The fraction of sp³-hybridized carbons (Fsp3) is 0.167. The predicted molar refractivity (Wildman–Crippen MR) is 189 cm³/mol. The molecule has 0 spiro atoms. The molecule has 0 aromatic heterocycles. The smallest absolute Gasteiger partial charge is 0.321 e. The minimum Gasteiger partial charge on any atom is -0.481 e. The van der Waals surface area contributed by atoms with E-state index in [9.17, 15) is 19.5 Å². The summed E-state index contributed by atoms with van der Waals surface area (Å²) < 4.78 is 0. The third-order valence-electron chi connectivity index (χ3n) is 7.00. The lowest BCUT2D eigenvalue weighted by atomic mass is 10.0. The molecule has 7 nitrogen and oxygen atoms in total. The van der Waals surface area contributed by atoms with Gasteiger partial charge in [0, 0.05) is 16.2 Å². The van der Waals surface area contributed by atoms with Crippen molar-refractivity contribution in [2.24, 2.45) is 4.99 Å². The number of carboxylic acids is 2. The minimum atomic E-state index is -0.916. The van der Waals surface area contributed by atoms with Gasteiger partial charge in [-0.15, -0.1) is 23.5 Å². The summed E-state index contributed by atoms with van der Waals surface area (Å²) in [7, 11) is 0. The second-order valence-corrected chi connectivity index (χ2v) is 13.8. The largest absolute Gasteiger partial charge is 0.481 e. The SMILES string of the molecule is O=C(O)CCCCCSc1ccc(-c2ccc(C=C3SC(=Nc4ccc(C(Sc5ccccc5)C(=O)O)cc4)NC3=O)cc2)cc1. The number of aliphatic imine (C=N–C) groups is 1. The second kappa shape index (κ2) is 16.4. The molecular weight excluding hydrogens is 637 g/mol. The Hall–Kier alpha value is -4.25. The Balaban J connectivity index is 1.16. The Labute approximate surface area is 280 Å². The topological polar surface area (TPSA) is 116 Å². The van der Waals surface area contributed by atoms with Crippen LogP contribution < -0.4 is 5.32 Å². The first-order chi connectivity index (χ1) is 22.3. The Kier molecular flexibility index (Phi) is 11.8. The van der Waals surface area contributed by atoms with Gasteiger partial charge >= 0.3 is 11.9 Å². The molecule has 234 valence electrons. The molecule has 0 aliphatic carbocycles. The maximum absolute atomic E-state index is 12.7. The van der Waals surface area contributed by atoms with Crippen molar-refractivity contribution in [1.82, 2.24) is 5.32 Å². The van der Waals surface area contributed by atoms with Crippen LogP contribution >= 0.6 is 35.3 Å². The van der Waals surface area contributed by atoms with Crippen molar-refractivity contribution in [3.05, 3.63) is 119 Å². The third-order valence-corrected chi connectivity index (χ3v) is 10.3. The van der Waals surface area contributed by atoms with Crippen LogP contribution in [0.3, 0.4) is 0 Å². The molecule has 1 saturated heterocycles. The van der Waals surface area contributed by atoms with Crippen LogP contribution in [0.25, 0.3) is 17.2 Å². The molecule has 1 unspecified atom stereocenters. The molecule has 1 aliphatic heterocycles. The monoisotopic (exact) mass is 668 g/mol. The van der Waals surface area contributed by atoms with Gasteiger partial charge in [0.1, 0.15) is 5.25 Å². The maximum atomic E-state index is 12.7. The first-order valence-corrected chi connectivity index (χ1v) is 17.4. The molecule has 1 amide bonds. The van der Waals surface area contributed by atoms with Crippen molar-refractivity contribution in [2.75, 3.05) is 5.75 Å². The number of aliphatic carboxylic acids is 2. The Morgan fingerprint density at radius 3 is 2.13 bits per heavy atom. The number of carbonyl (C=O) groups is 3. The Bertz CT molecular complexity index is 1720. The summed E-state index contributed by atoms with van der Waals surface area (Å²) in [6.45, 7) is 0. The number of rotatable bonds is 14. The molecule has 0 saturated carbocycles. The van der Waals surface area contributed by atoms with Crippen molar-refractivity contribution in [3.63, 3.8) is 0 Å². The Morgan fingerprint density at radius 2 is 1.48 bits per heavy atom. The highest BCUT2D eigenvalue weighted by Crippen LogP contribution is 2.36. The molecule has 46 heavy (non-hydrogen) atoms. The van der Waals surface area contributed by atoms with E-state index in [2.05, 4.69) is 34.6 Å². The van der Waals surface area contributed by atoms with E-state index in [0.717, 1.165) is 46.6 Å². The van der Waals surface area contributed by atoms with Crippen molar-refractivity contribution in [3.8, 4) is 11.1 Å². The van der Waals surface area contributed by atoms with Crippen LogP contribution in [0.2, 0.25) is 0 Å². The van der Waals surface area contributed by atoms with E-state index in [1.165, 1.54) is 28.4 Å². The number of thioether (sulfide) groups is 3. The van der Waals surface area contributed by atoms with Gasteiger partial charge in [-0.3, -0.25) is 14.4 Å². The fourth-order valence-electron chi connectivity index (χ4n) is 4.63. The number of amides is 1. The lowest BCUT2D eigenvalue weighted by Crippen LogP contribution is -2.19. The number of benzene rings is 4. The molecule has 1 fully saturated rings. The molecule has 4 aromatic rings. The van der Waals surface area contributed by atoms with Gasteiger partial charge in [-0.2, -0.15) is 0 Å². The van der Waals surface area contributed by atoms with E-state index in [1.807, 2.05) is 60.7 Å². The number of nitrogens with zero attached hydrogens (tertiary/aromatic N) is 1. The number of hydrogen-bond acceptors (Lipinski definition) is 7. The quantitative estimate of drug-likeness (QED) is 0.0693. The average molecular weight is 669 g/mol. The fourth-order valence-corrected chi connectivity index (χ4v) is 7.36. The molecule has 1 aliphatic rings. The number of carbonyl (C=O) groups excluding carboxylic acids is 1. The van der Waals surface area contributed by atoms with Crippen LogP contribution in [-0.2, 0) is 14.4 Å². The lowest BCUT2D eigenvalue weighted by Gasteiger charge is -2.12. The van der Waals surface area contributed by atoms with Crippen LogP contribution in [-0.4, -0.2) is 39.0 Å². The molecule has 4 aromatic carbocycles. The maximum Gasteiger partial charge on any atom is 0.321 e. The van der Waals surface area contributed by atoms with Crippen LogP contribution in [0.1, 0.15) is 42.1 Å². The lowest BCUT2D eigenvalue weighted by molar-refractivity contribution is -0.137. The van der Waals surface area contributed by atoms with E-state index < -0.39 is 17.2 Å². The van der Waals surface area contributed by atoms with Gasteiger partial charge in [-0.25, -0.2) is 4.99 Å². The summed E-state index contributed by atoms with van der Waals surface area (Å²) in [4.78, 5) is 42.4. The number of amidine groups is 1. The zero-order valence-corrected chi connectivity index (χ0v) is 27.2. The standard InChI is InChI=1S/C36H32N2O5S3/c39-32(40)9-5-2-6-22-44-29-20-16-26(17-21-29)25-12-10-24(11-13-25)23-31-34(41)38-36(46-31)37-28-18-14-27(15-19-28)33(35(42)43)45-30-7-3-1-4-8-30/h1,3-4,7-8,10-21,23,33H,2,5-6,9,22H2,(H,39,40)(H,42,43)(H,37,38,41). The Morgan fingerprint density at radius 1 is 0.804 bits per heavy atom. The van der Waals surface area contributed by atoms with Crippen molar-refractivity contribution >= 4 is 70.1 Å². The van der Waals surface area contributed by atoms with Gasteiger partial charge in [0.05, 0.1) is 10.6 Å².